The molecule has 0 radical (unpaired) electrons. The van der Waals surface area contributed by atoms with E-state index < -0.39 is 0 Å². The van der Waals surface area contributed by atoms with Gasteiger partial charge < -0.3 is 9.47 Å². The molecule has 1 saturated heterocycles. The Kier molecular flexibility index (Phi) is 6.11. The summed E-state index contributed by atoms with van der Waals surface area (Å²) >= 11 is 1.80. The fourth-order valence-corrected chi connectivity index (χ4v) is 3.47. The van der Waals surface area contributed by atoms with E-state index in [1.807, 2.05) is 18.2 Å². The summed E-state index contributed by atoms with van der Waals surface area (Å²) in [6.45, 7) is 6.01. The molecule has 1 aliphatic rings. The highest BCUT2D eigenvalue weighted by Crippen LogP contribution is 2.25. The molecule has 2 aromatic carbocycles. The van der Waals surface area contributed by atoms with E-state index in [0.29, 0.717) is 13.2 Å². The van der Waals surface area contributed by atoms with Crippen LogP contribution in [0.25, 0.3) is 0 Å². The van der Waals surface area contributed by atoms with Crippen molar-refractivity contribution in [1.82, 2.24) is 4.31 Å². The van der Waals surface area contributed by atoms with E-state index in [0.717, 1.165) is 19.7 Å². The van der Waals surface area contributed by atoms with E-state index in [9.17, 15) is 0 Å². The van der Waals surface area contributed by atoms with Gasteiger partial charge in [-0.2, -0.15) is 0 Å². The maximum Gasteiger partial charge on any atom is 0.0945 e. The number of ether oxygens (including phenoxy) is 2. The van der Waals surface area contributed by atoms with Gasteiger partial charge in [0.05, 0.1) is 25.9 Å². The van der Waals surface area contributed by atoms with Crippen LogP contribution in [0.3, 0.4) is 0 Å². The highest BCUT2D eigenvalue weighted by Gasteiger charge is 2.21. The first-order chi connectivity index (χ1) is 11.3. The van der Waals surface area contributed by atoms with Crippen LogP contribution in [0, 0.1) is 6.92 Å². The smallest absolute Gasteiger partial charge is 0.0945 e. The Morgan fingerprint density at radius 1 is 1.13 bits per heavy atom. The molecule has 0 aromatic heterocycles. The summed E-state index contributed by atoms with van der Waals surface area (Å²) in [7, 11) is 0. The molecule has 0 amide bonds. The minimum atomic E-state index is 0.144. The number of morpholine rings is 1. The molecule has 0 saturated carbocycles. The monoisotopic (exact) mass is 329 g/mol. The molecule has 1 aliphatic heterocycles. The summed E-state index contributed by atoms with van der Waals surface area (Å²) in [5.74, 6) is 0. The zero-order chi connectivity index (χ0) is 15.9. The molecule has 122 valence electrons. The Balaban J connectivity index is 1.43. The van der Waals surface area contributed by atoms with Crippen LogP contribution >= 0.6 is 11.9 Å². The Morgan fingerprint density at radius 2 is 1.91 bits per heavy atom. The fourth-order valence-electron chi connectivity index (χ4n) is 2.51. The lowest BCUT2D eigenvalue weighted by atomic mass is 10.2. The number of rotatable bonds is 6. The second-order valence-electron chi connectivity index (χ2n) is 5.79. The van der Waals surface area contributed by atoms with E-state index in [1.165, 1.54) is 16.0 Å². The molecule has 1 atom stereocenters. The summed E-state index contributed by atoms with van der Waals surface area (Å²) in [6.07, 6.45) is 0.144. The molecular weight excluding hydrogens is 306 g/mol. The van der Waals surface area contributed by atoms with Crippen molar-refractivity contribution in [3.05, 3.63) is 65.7 Å². The zero-order valence-electron chi connectivity index (χ0n) is 13.5. The van der Waals surface area contributed by atoms with E-state index in [4.69, 9.17) is 9.47 Å². The molecule has 1 unspecified atom stereocenters. The van der Waals surface area contributed by atoms with Gasteiger partial charge in [0.2, 0.25) is 0 Å². The summed E-state index contributed by atoms with van der Waals surface area (Å²) in [4.78, 5) is 1.28. The van der Waals surface area contributed by atoms with Crippen LogP contribution in [0.1, 0.15) is 11.1 Å². The summed E-state index contributed by atoms with van der Waals surface area (Å²) in [5, 5.41) is 0. The first kappa shape index (κ1) is 16.5. The van der Waals surface area contributed by atoms with Crippen molar-refractivity contribution in [2.75, 3.05) is 26.3 Å². The van der Waals surface area contributed by atoms with Gasteiger partial charge in [-0.3, -0.25) is 0 Å². The number of aryl methyl sites for hydroxylation is 1. The molecule has 0 bridgehead atoms. The van der Waals surface area contributed by atoms with Gasteiger partial charge in [0.25, 0.3) is 0 Å². The van der Waals surface area contributed by atoms with Gasteiger partial charge >= 0.3 is 0 Å². The zero-order valence-corrected chi connectivity index (χ0v) is 14.3. The van der Waals surface area contributed by atoms with Gasteiger partial charge in [-0.15, -0.1) is 0 Å². The largest absolute Gasteiger partial charge is 0.374 e. The third kappa shape index (κ3) is 5.36. The van der Waals surface area contributed by atoms with Gasteiger partial charge in [0.15, 0.2) is 0 Å². The van der Waals surface area contributed by atoms with E-state index >= 15 is 0 Å². The quantitative estimate of drug-likeness (QED) is 0.749. The standard InChI is InChI=1S/C19H23NO2S/c1-16-7-9-19(10-8-16)23-20-11-12-22-18(13-20)15-21-14-17-5-3-2-4-6-17/h2-10,18H,11-15H2,1H3. The van der Waals surface area contributed by atoms with E-state index in [-0.39, 0.29) is 6.10 Å². The van der Waals surface area contributed by atoms with Crippen molar-refractivity contribution >= 4 is 11.9 Å². The molecule has 0 spiro atoms. The van der Waals surface area contributed by atoms with Crippen LogP contribution < -0.4 is 0 Å². The lowest BCUT2D eigenvalue weighted by Crippen LogP contribution is -2.40. The molecule has 0 aliphatic carbocycles. The predicted octanol–water partition coefficient (Wildman–Crippen LogP) is 3.92. The third-order valence-corrected chi connectivity index (χ3v) is 4.85. The van der Waals surface area contributed by atoms with Crippen molar-refractivity contribution < 1.29 is 9.47 Å². The number of benzene rings is 2. The average Bonchev–Trinajstić information content (AvgIpc) is 2.58. The van der Waals surface area contributed by atoms with Gasteiger partial charge in [0.1, 0.15) is 0 Å². The molecule has 2 aromatic rings. The molecule has 23 heavy (non-hydrogen) atoms. The highest BCUT2D eigenvalue weighted by atomic mass is 32.2. The highest BCUT2D eigenvalue weighted by molar-refractivity contribution is 7.97. The van der Waals surface area contributed by atoms with Crippen molar-refractivity contribution in [1.29, 1.82) is 0 Å². The van der Waals surface area contributed by atoms with Gasteiger partial charge in [-0.05, 0) is 36.6 Å². The van der Waals surface area contributed by atoms with Gasteiger partial charge in [-0.25, -0.2) is 4.31 Å². The number of nitrogens with zero attached hydrogens (tertiary/aromatic N) is 1. The fraction of sp³-hybridized carbons (Fsp3) is 0.368. The lowest BCUT2D eigenvalue weighted by molar-refractivity contribution is -0.0527. The Bertz CT molecular complexity index is 588. The van der Waals surface area contributed by atoms with E-state index in [2.05, 4.69) is 47.6 Å². The predicted molar refractivity (Wildman–Crippen MR) is 94.4 cm³/mol. The topological polar surface area (TPSA) is 21.7 Å². The molecule has 4 heteroatoms. The number of hydrogen-bond donors (Lipinski definition) is 0. The maximum atomic E-state index is 5.82. The SMILES string of the molecule is Cc1ccc(SN2CCOC(COCc3ccccc3)C2)cc1. The number of hydrogen-bond acceptors (Lipinski definition) is 4. The van der Waals surface area contributed by atoms with E-state index in [1.54, 1.807) is 11.9 Å². The Labute approximate surface area is 142 Å². The Morgan fingerprint density at radius 3 is 2.70 bits per heavy atom. The van der Waals surface area contributed by atoms with Crippen LogP contribution in [-0.4, -0.2) is 36.7 Å². The lowest BCUT2D eigenvalue weighted by Gasteiger charge is -2.31. The minimum absolute atomic E-state index is 0.144. The van der Waals surface area contributed by atoms with Crippen molar-refractivity contribution in [3.8, 4) is 0 Å². The van der Waals surface area contributed by atoms with Gasteiger partial charge in [-0.1, -0.05) is 48.0 Å². The van der Waals surface area contributed by atoms with Crippen LogP contribution in [-0.2, 0) is 16.1 Å². The first-order valence-corrected chi connectivity index (χ1v) is 8.80. The van der Waals surface area contributed by atoms with Crippen LogP contribution in [0.5, 0.6) is 0 Å². The van der Waals surface area contributed by atoms with Crippen LogP contribution in [0.15, 0.2) is 59.5 Å². The summed E-state index contributed by atoms with van der Waals surface area (Å²) in [5.41, 5.74) is 2.50. The molecular formula is C19H23NO2S. The van der Waals surface area contributed by atoms with Crippen LogP contribution in [0.4, 0.5) is 0 Å². The molecule has 0 N–H and O–H groups in total. The van der Waals surface area contributed by atoms with Gasteiger partial charge in [0, 0.05) is 18.0 Å². The summed E-state index contributed by atoms with van der Waals surface area (Å²) in [6, 6.07) is 18.9. The average molecular weight is 329 g/mol. The maximum absolute atomic E-state index is 5.82. The Hall–Kier alpha value is -1.33. The summed E-state index contributed by atoms with van der Waals surface area (Å²) < 4.78 is 14.0. The second-order valence-corrected chi connectivity index (χ2v) is 6.96. The molecule has 3 nitrogen and oxygen atoms in total. The first-order valence-electron chi connectivity index (χ1n) is 8.02. The molecule has 1 fully saturated rings. The second kappa shape index (κ2) is 8.50. The van der Waals surface area contributed by atoms with Crippen molar-refractivity contribution in [3.63, 3.8) is 0 Å². The molecule has 3 rings (SSSR count). The normalized spacial score (nSPS) is 18.9. The van der Waals surface area contributed by atoms with Crippen LogP contribution in [0.2, 0.25) is 0 Å². The van der Waals surface area contributed by atoms with Crippen molar-refractivity contribution in [2.24, 2.45) is 0 Å². The minimum Gasteiger partial charge on any atom is -0.374 e. The third-order valence-electron chi connectivity index (χ3n) is 3.77. The van der Waals surface area contributed by atoms with Crippen molar-refractivity contribution in [2.45, 2.75) is 24.5 Å². The molecule has 1 heterocycles.